The van der Waals surface area contributed by atoms with E-state index in [-0.39, 0.29) is 22.5 Å². The number of aliphatic hydroxyl groups excluding tert-OH is 6. The lowest BCUT2D eigenvalue weighted by atomic mass is 9.97. The van der Waals surface area contributed by atoms with Crippen molar-refractivity contribution in [2.24, 2.45) is 0 Å². The summed E-state index contributed by atoms with van der Waals surface area (Å²) >= 11 is 0. The van der Waals surface area contributed by atoms with E-state index < -0.39 is 79.2 Å². The molecule has 7 N–H and O–H groups in total. The lowest BCUT2D eigenvalue weighted by molar-refractivity contribution is -0.354. The average molecular weight is 593 g/mol. The summed E-state index contributed by atoms with van der Waals surface area (Å²) in [6, 6.07) is 10.4. The van der Waals surface area contributed by atoms with Crippen LogP contribution in [0.5, 0.6) is 17.2 Å². The quantitative estimate of drug-likeness (QED) is 0.179. The third-order valence-electron chi connectivity index (χ3n) is 7.33. The molecule has 0 unspecified atom stereocenters. The first-order valence-electron chi connectivity index (χ1n) is 13.1. The smallest absolute Gasteiger partial charge is 0.229 e. The summed E-state index contributed by atoms with van der Waals surface area (Å²) in [7, 11) is 1.52. The van der Waals surface area contributed by atoms with Crippen LogP contribution >= 0.6 is 0 Å². The molecule has 0 aliphatic carbocycles. The van der Waals surface area contributed by atoms with Crippen molar-refractivity contribution >= 4 is 11.0 Å². The number of aliphatic hydroxyl groups is 6. The van der Waals surface area contributed by atoms with E-state index in [0.717, 1.165) is 6.07 Å². The number of benzene rings is 2. The number of phenolic OH excluding ortho intramolecular Hbond substituents is 1. The lowest BCUT2D eigenvalue weighted by Gasteiger charge is -2.45. The van der Waals surface area contributed by atoms with Gasteiger partial charge in [0, 0.05) is 23.8 Å². The minimum absolute atomic E-state index is 0.0483. The number of rotatable bonds is 7. The summed E-state index contributed by atoms with van der Waals surface area (Å²) in [6.45, 7) is 0.721. The van der Waals surface area contributed by atoms with Gasteiger partial charge >= 0.3 is 0 Å². The van der Waals surface area contributed by atoms with E-state index in [1.165, 1.54) is 26.2 Å². The van der Waals surface area contributed by atoms with Gasteiger partial charge in [0.1, 0.15) is 70.6 Å². The molecule has 3 heterocycles. The van der Waals surface area contributed by atoms with E-state index in [2.05, 4.69) is 0 Å². The van der Waals surface area contributed by atoms with Crippen molar-refractivity contribution in [2.75, 3.05) is 13.7 Å². The number of fused-ring (bicyclic) bond motifs is 1. The normalized spacial score (nSPS) is 33.4. The fourth-order valence-corrected chi connectivity index (χ4v) is 4.92. The van der Waals surface area contributed by atoms with Crippen LogP contribution in [0.25, 0.3) is 22.3 Å². The van der Waals surface area contributed by atoms with E-state index in [1.807, 2.05) is 0 Å². The van der Waals surface area contributed by atoms with Gasteiger partial charge in [0.25, 0.3) is 0 Å². The zero-order valence-electron chi connectivity index (χ0n) is 22.5. The van der Waals surface area contributed by atoms with Gasteiger partial charge < -0.3 is 63.8 Å². The molecule has 0 radical (unpaired) electrons. The predicted molar refractivity (Wildman–Crippen MR) is 142 cm³/mol. The van der Waals surface area contributed by atoms with Crippen molar-refractivity contribution in [1.29, 1.82) is 0 Å². The predicted octanol–water partition coefficient (Wildman–Crippen LogP) is -0.795. The Labute approximate surface area is 238 Å². The van der Waals surface area contributed by atoms with Gasteiger partial charge in [-0.1, -0.05) is 0 Å². The Balaban J connectivity index is 1.47. The standard InChI is InChI=1S/C28H32O14/c1-11-21(32)23(34)25(36)27(38-11)42-26-24(35)22(33)19(10-29)41-28(26)39-14-7-15(30)20-16(31)9-17(40-18(20)8-14)12-3-5-13(37-2)6-4-12/h3-9,11,19,21-30,32-36H,10H2,1-2H3/t11-,19-,21-,22+,23-,24+,25-,26+,27-,28+/m0/s1. The van der Waals surface area contributed by atoms with Crippen LogP contribution in [-0.4, -0.2) is 111 Å². The van der Waals surface area contributed by atoms with Crippen LogP contribution in [0, 0.1) is 0 Å². The molecule has 0 saturated carbocycles. The third-order valence-corrected chi connectivity index (χ3v) is 7.33. The van der Waals surface area contributed by atoms with Crippen molar-refractivity contribution in [3.05, 3.63) is 52.7 Å². The summed E-state index contributed by atoms with van der Waals surface area (Å²) in [6.07, 6.45) is -15.2. The molecule has 0 spiro atoms. The highest BCUT2D eigenvalue weighted by Gasteiger charge is 2.50. The van der Waals surface area contributed by atoms with Gasteiger partial charge in [-0.3, -0.25) is 4.79 Å². The largest absolute Gasteiger partial charge is 0.507 e. The number of aromatic hydroxyl groups is 1. The van der Waals surface area contributed by atoms with E-state index in [1.54, 1.807) is 24.3 Å². The maximum atomic E-state index is 12.9. The molecule has 3 aromatic rings. The SMILES string of the molecule is COc1ccc(-c2cc(=O)c3c(O)cc(O[C@@H]4O[C@@H](CO)[C@@H](O)[C@@H](O)[C@H]4O[C@@H]4O[C@@H](C)[C@H](O)[C@H](O)[C@@H]4O)cc3o2)cc1. The van der Waals surface area contributed by atoms with Crippen LogP contribution in [0.3, 0.4) is 0 Å². The summed E-state index contributed by atoms with van der Waals surface area (Å²) in [4.78, 5) is 12.9. The van der Waals surface area contributed by atoms with E-state index >= 15 is 0 Å². The molecule has 10 atom stereocenters. The van der Waals surface area contributed by atoms with Gasteiger partial charge in [0.2, 0.25) is 6.29 Å². The Hall–Kier alpha value is -3.31. The van der Waals surface area contributed by atoms with Gasteiger partial charge in [-0.2, -0.15) is 0 Å². The van der Waals surface area contributed by atoms with Crippen LogP contribution in [0.4, 0.5) is 0 Å². The van der Waals surface area contributed by atoms with E-state index in [0.29, 0.717) is 11.3 Å². The summed E-state index contributed by atoms with van der Waals surface area (Å²) < 4.78 is 33.7. The molecule has 1 aromatic heterocycles. The molecule has 42 heavy (non-hydrogen) atoms. The topological polar surface area (TPSA) is 218 Å². The van der Waals surface area contributed by atoms with Gasteiger partial charge in [-0.25, -0.2) is 0 Å². The van der Waals surface area contributed by atoms with E-state index in [4.69, 9.17) is 28.1 Å². The molecule has 2 aromatic carbocycles. The summed E-state index contributed by atoms with van der Waals surface area (Å²) in [5.41, 5.74) is -0.0218. The van der Waals surface area contributed by atoms with Gasteiger partial charge in [0.15, 0.2) is 17.8 Å². The van der Waals surface area contributed by atoms with E-state index in [9.17, 15) is 40.5 Å². The Bertz CT molecular complexity index is 1440. The Morgan fingerprint density at radius 3 is 2.21 bits per heavy atom. The first kappa shape index (κ1) is 30.2. The van der Waals surface area contributed by atoms with Crippen LogP contribution in [0.1, 0.15) is 6.92 Å². The Morgan fingerprint density at radius 1 is 0.833 bits per heavy atom. The molecule has 2 aliphatic rings. The zero-order valence-corrected chi connectivity index (χ0v) is 22.5. The minimum atomic E-state index is -1.75. The maximum Gasteiger partial charge on any atom is 0.229 e. The molecule has 2 aliphatic heterocycles. The van der Waals surface area contributed by atoms with Crippen LogP contribution < -0.4 is 14.9 Å². The Kier molecular flexibility index (Phi) is 8.71. The molecule has 2 fully saturated rings. The van der Waals surface area contributed by atoms with Crippen molar-refractivity contribution in [1.82, 2.24) is 0 Å². The highest BCUT2D eigenvalue weighted by molar-refractivity contribution is 5.86. The molecular formula is C28H32O14. The molecule has 14 heteroatoms. The molecule has 0 bridgehead atoms. The van der Waals surface area contributed by atoms with Crippen molar-refractivity contribution in [2.45, 2.75) is 68.3 Å². The summed E-state index contributed by atoms with van der Waals surface area (Å²) in [5.74, 6) is 0.197. The molecule has 0 amide bonds. The molecule has 2 saturated heterocycles. The fourth-order valence-electron chi connectivity index (χ4n) is 4.92. The second-order valence-electron chi connectivity index (χ2n) is 10.1. The van der Waals surface area contributed by atoms with Crippen LogP contribution in [0.15, 0.2) is 51.7 Å². The highest BCUT2D eigenvalue weighted by atomic mass is 16.8. The number of hydrogen-bond donors (Lipinski definition) is 7. The summed E-state index contributed by atoms with van der Waals surface area (Å²) in [5, 5.41) is 72.1. The minimum Gasteiger partial charge on any atom is -0.507 e. The molecule has 5 rings (SSSR count). The fraction of sp³-hybridized carbons (Fsp3) is 0.464. The van der Waals surface area contributed by atoms with Crippen molar-refractivity contribution in [3.63, 3.8) is 0 Å². The van der Waals surface area contributed by atoms with Gasteiger partial charge in [-0.05, 0) is 31.2 Å². The zero-order chi connectivity index (χ0) is 30.3. The highest BCUT2D eigenvalue weighted by Crippen LogP contribution is 2.35. The number of methoxy groups -OCH3 is 1. The van der Waals surface area contributed by atoms with Crippen LogP contribution in [-0.2, 0) is 14.2 Å². The van der Waals surface area contributed by atoms with Crippen molar-refractivity contribution in [3.8, 4) is 28.6 Å². The second kappa shape index (κ2) is 12.1. The second-order valence-corrected chi connectivity index (χ2v) is 10.1. The lowest BCUT2D eigenvalue weighted by Crippen LogP contribution is -2.64. The average Bonchev–Trinajstić information content (AvgIpc) is 2.97. The first-order valence-corrected chi connectivity index (χ1v) is 13.1. The Morgan fingerprint density at radius 2 is 1.55 bits per heavy atom. The van der Waals surface area contributed by atoms with Gasteiger partial charge in [0.05, 0.1) is 19.8 Å². The molecule has 228 valence electrons. The first-order chi connectivity index (χ1) is 20.0. The molecular weight excluding hydrogens is 560 g/mol. The number of phenols is 1. The van der Waals surface area contributed by atoms with Crippen LogP contribution in [0.2, 0.25) is 0 Å². The molecule has 14 nitrogen and oxygen atoms in total. The third kappa shape index (κ3) is 5.68. The van der Waals surface area contributed by atoms with Crippen molar-refractivity contribution < 1.29 is 63.8 Å². The monoisotopic (exact) mass is 592 g/mol. The number of ether oxygens (including phenoxy) is 5. The van der Waals surface area contributed by atoms with Gasteiger partial charge in [-0.15, -0.1) is 0 Å². The number of hydrogen-bond acceptors (Lipinski definition) is 14. The maximum absolute atomic E-state index is 12.9.